The maximum Gasteiger partial charge on any atom is 0.220 e. The molecular formula is C71H133NO13. The minimum absolute atomic E-state index is 0.215. The van der Waals surface area contributed by atoms with Crippen LogP contribution in [0.4, 0.5) is 0 Å². The molecule has 9 N–H and O–H groups in total. The number of aliphatic hydroxyl groups excluding tert-OH is 8. The van der Waals surface area contributed by atoms with E-state index in [0.717, 1.165) is 77.0 Å². The molecule has 0 aromatic rings. The van der Waals surface area contributed by atoms with Crippen molar-refractivity contribution in [1.29, 1.82) is 0 Å². The lowest BCUT2D eigenvalue weighted by Gasteiger charge is -2.46. The second kappa shape index (κ2) is 56.2. The number of amides is 1. The van der Waals surface area contributed by atoms with E-state index in [4.69, 9.17) is 18.9 Å². The molecule has 2 saturated heterocycles. The van der Waals surface area contributed by atoms with E-state index in [0.29, 0.717) is 19.3 Å². The Hall–Kier alpha value is -1.79. The van der Waals surface area contributed by atoms with E-state index in [9.17, 15) is 45.6 Å². The maximum atomic E-state index is 13.3. The van der Waals surface area contributed by atoms with Crippen LogP contribution in [0.2, 0.25) is 0 Å². The highest BCUT2D eigenvalue weighted by atomic mass is 16.7. The number of carbonyl (C=O) groups is 1. The van der Waals surface area contributed by atoms with Gasteiger partial charge >= 0.3 is 0 Å². The van der Waals surface area contributed by atoms with E-state index in [1.807, 2.05) is 0 Å². The van der Waals surface area contributed by atoms with Gasteiger partial charge in [-0.1, -0.05) is 294 Å². The van der Waals surface area contributed by atoms with Crippen molar-refractivity contribution in [3.05, 3.63) is 36.5 Å². The molecule has 2 heterocycles. The minimum atomic E-state index is -1.79. The van der Waals surface area contributed by atoms with Gasteiger partial charge in [0.15, 0.2) is 12.6 Å². The molecule has 1 amide bonds. The SMILES string of the molecule is CCCCCCC/C=C\C/C=C\C/C=C\CCCCCCCCC(=O)NC(COC1OC(CO)C(OC2OC(CO)C(O)C(O)C2O)C(O)C1O)C(O)CCCCCCCCCCCCCCCCCCCCCCCCCCCCCCCC. The van der Waals surface area contributed by atoms with Crippen LogP contribution in [-0.2, 0) is 23.7 Å². The molecule has 2 aliphatic heterocycles. The van der Waals surface area contributed by atoms with E-state index in [-0.39, 0.29) is 12.5 Å². The number of ether oxygens (including phenoxy) is 4. The van der Waals surface area contributed by atoms with E-state index < -0.39 is 86.8 Å². The highest BCUT2D eigenvalue weighted by molar-refractivity contribution is 5.76. The first kappa shape index (κ1) is 79.3. The van der Waals surface area contributed by atoms with Gasteiger partial charge in [0.1, 0.15) is 48.8 Å². The molecule has 0 aromatic carbocycles. The van der Waals surface area contributed by atoms with Gasteiger partial charge in [0.25, 0.3) is 0 Å². The summed E-state index contributed by atoms with van der Waals surface area (Å²) in [5, 5.41) is 87.6. The fourth-order valence-corrected chi connectivity index (χ4v) is 11.9. The zero-order chi connectivity index (χ0) is 61.6. The second-order valence-corrected chi connectivity index (χ2v) is 25.4. The van der Waals surface area contributed by atoms with Crippen LogP contribution in [0.5, 0.6) is 0 Å². The van der Waals surface area contributed by atoms with Crippen molar-refractivity contribution >= 4 is 5.91 Å². The number of hydrogen-bond donors (Lipinski definition) is 9. The third kappa shape index (κ3) is 40.5. The maximum absolute atomic E-state index is 13.3. The van der Waals surface area contributed by atoms with Crippen molar-refractivity contribution < 1.29 is 64.6 Å². The summed E-state index contributed by atoms with van der Waals surface area (Å²) in [6, 6.07) is -0.838. The minimum Gasteiger partial charge on any atom is -0.394 e. The third-order valence-electron chi connectivity index (χ3n) is 17.6. The van der Waals surface area contributed by atoms with Crippen molar-refractivity contribution in [3.8, 4) is 0 Å². The van der Waals surface area contributed by atoms with Crippen LogP contribution in [0.1, 0.15) is 316 Å². The molecule has 12 atom stereocenters. The first-order chi connectivity index (χ1) is 41.6. The standard InChI is InChI=1S/C71H133NO13/c1-3-5-7-9-11-13-15-17-19-21-23-25-26-27-28-29-30-31-32-33-35-36-38-40-42-44-46-48-50-52-54-60(75)59(58-82-70-68(81)66(79)69(62(57-74)84-70)85-71-67(80)65(78)64(77)61(56-73)83-71)72-63(76)55-53-51-49-47-45-43-41-39-37-34-24-22-20-18-16-14-12-10-8-6-4-2/h16,18,22,24,37,39,59-62,64-71,73-75,77-81H,3-15,17,19-21,23,25-36,38,40-58H2,1-2H3,(H,72,76)/b18-16-,24-22-,39-37-. The largest absolute Gasteiger partial charge is 0.394 e. The molecule has 2 fully saturated rings. The summed E-state index contributed by atoms with van der Waals surface area (Å²) in [7, 11) is 0. The van der Waals surface area contributed by atoms with Crippen molar-refractivity contribution in [2.75, 3.05) is 19.8 Å². The first-order valence-electron chi connectivity index (χ1n) is 35.7. The van der Waals surface area contributed by atoms with Crippen LogP contribution in [-0.4, -0.2) is 140 Å². The monoisotopic (exact) mass is 1210 g/mol. The lowest BCUT2D eigenvalue weighted by atomic mass is 9.97. The number of unbranched alkanes of at least 4 members (excludes halogenated alkanes) is 40. The Labute approximate surface area is 519 Å². The van der Waals surface area contributed by atoms with Gasteiger partial charge in [-0.05, 0) is 51.4 Å². The van der Waals surface area contributed by atoms with Crippen molar-refractivity contribution in [2.24, 2.45) is 0 Å². The van der Waals surface area contributed by atoms with Crippen LogP contribution >= 0.6 is 0 Å². The van der Waals surface area contributed by atoms with Crippen molar-refractivity contribution in [2.45, 2.75) is 389 Å². The van der Waals surface area contributed by atoms with Crippen LogP contribution < -0.4 is 5.32 Å². The van der Waals surface area contributed by atoms with Gasteiger partial charge in [-0.25, -0.2) is 0 Å². The van der Waals surface area contributed by atoms with Gasteiger partial charge in [-0.3, -0.25) is 4.79 Å². The molecule has 0 aliphatic carbocycles. The highest BCUT2D eigenvalue weighted by Crippen LogP contribution is 2.30. The molecule has 12 unspecified atom stereocenters. The van der Waals surface area contributed by atoms with Crippen LogP contribution in [0.3, 0.4) is 0 Å². The molecule has 2 rings (SSSR count). The van der Waals surface area contributed by atoms with Gasteiger partial charge in [0, 0.05) is 6.42 Å². The summed E-state index contributed by atoms with van der Waals surface area (Å²) in [6.45, 7) is 2.88. The normalized spacial score (nSPS) is 23.7. The van der Waals surface area contributed by atoms with Crippen LogP contribution in [0, 0.1) is 0 Å². The molecule has 0 aromatic heterocycles. The second-order valence-electron chi connectivity index (χ2n) is 25.4. The number of hydrogen-bond acceptors (Lipinski definition) is 13. The molecule has 14 heteroatoms. The van der Waals surface area contributed by atoms with Crippen LogP contribution in [0.25, 0.3) is 0 Å². The van der Waals surface area contributed by atoms with Gasteiger partial charge < -0.3 is 65.1 Å². The lowest BCUT2D eigenvalue weighted by Crippen LogP contribution is -2.65. The van der Waals surface area contributed by atoms with Gasteiger partial charge in [-0.15, -0.1) is 0 Å². The first-order valence-corrected chi connectivity index (χ1v) is 35.7. The van der Waals surface area contributed by atoms with E-state index in [1.165, 1.54) is 205 Å². The average molecular weight is 1210 g/mol. The Morgan fingerprint density at radius 1 is 0.424 bits per heavy atom. The Bertz CT molecular complexity index is 1560. The zero-order valence-corrected chi connectivity index (χ0v) is 54.4. The lowest BCUT2D eigenvalue weighted by molar-refractivity contribution is -0.359. The Morgan fingerprint density at radius 3 is 1.19 bits per heavy atom. The summed E-state index contributed by atoms with van der Waals surface area (Å²) >= 11 is 0. The van der Waals surface area contributed by atoms with E-state index in [2.05, 4.69) is 55.6 Å². The molecule has 85 heavy (non-hydrogen) atoms. The van der Waals surface area contributed by atoms with Crippen LogP contribution in [0.15, 0.2) is 36.5 Å². The fraction of sp³-hybridized carbons (Fsp3) is 0.901. The average Bonchev–Trinajstić information content (AvgIpc) is 3.69. The van der Waals surface area contributed by atoms with Crippen molar-refractivity contribution in [3.63, 3.8) is 0 Å². The summed E-state index contributed by atoms with van der Waals surface area (Å²) in [4.78, 5) is 13.3. The molecule has 0 saturated carbocycles. The molecule has 14 nitrogen and oxygen atoms in total. The van der Waals surface area contributed by atoms with E-state index >= 15 is 0 Å². The Kier molecular flexibility index (Phi) is 52.4. The predicted molar refractivity (Wildman–Crippen MR) is 346 cm³/mol. The topological polar surface area (TPSA) is 228 Å². The quantitative estimate of drug-likeness (QED) is 0.0204. The molecular weight excluding hydrogens is 1070 g/mol. The van der Waals surface area contributed by atoms with E-state index in [1.54, 1.807) is 0 Å². The number of allylic oxidation sites excluding steroid dienone is 6. The molecule has 0 radical (unpaired) electrons. The molecule has 0 spiro atoms. The number of carbonyl (C=O) groups excluding carboxylic acids is 1. The summed E-state index contributed by atoms with van der Waals surface area (Å²) in [6.07, 6.45) is 54.5. The zero-order valence-electron chi connectivity index (χ0n) is 54.4. The molecule has 500 valence electrons. The predicted octanol–water partition coefficient (Wildman–Crippen LogP) is 14.5. The summed E-state index contributed by atoms with van der Waals surface area (Å²) < 4.78 is 22.9. The van der Waals surface area contributed by atoms with Gasteiger partial charge in [0.05, 0.1) is 32.0 Å². The highest BCUT2D eigenvalue weighted by Gasteiger charge is 2.51. The molecule has 0 bridgehead atoms. The Balaban J connectivity index is 1.66. The van der Waals surface area contributed by atoms with Crippen molar-refractivity contribution in [1.82, 2.24) is 5.32 Å². The number of rotatable bonds is 59. The smallest absolute Gasteiger partial charge is 0.220 e. The third-order valence-corrected chi connectivity index (χ3v) is 17.6. The molecule has 2 aliphatic rings. The fourth-order valence-electron chi connectivity index (χ4n) is 11.9. The van der Waals surface area contributed by atoms with Gasteiger partial charge in [0.2, 0.25) is 5.91 Å². The summed E-state index contributed by atoms with van der Waals surface area (Å²) in [5.41, 5.74) is 0. The number of nitrogens with one attached hydrogen (secondary N) is 1. The summed E-state index contributed by atoms with van der Waals surface area (Å²) in [5.74, 6) is -0.215. The van der Waals surface area contributed by atoms with Gasteiger partial charge in [-0.2, -0.15) is 0 Å². The number of aliphatic hydroxyl groups is 8. The Morgan fingerprint density at radius 2 is 0.776 bits per heavy atom.